The highest BCUT2D eigenvalue weighted by Crippen LogP contribution is 2.21. The molecule has 84 valence electrons. The van der Waals surface area contributed by atoms with Gasteiger partial charge in [-0.05, 0) is 35.9 Å². The van der Waals surface area contributed by atoms with Crippen molar-refractivity contribution in [3.63, 3.8) is 0 Å². The summed E-state index contributed by atoms with van der Waals surface area (Å²) in [5.74, 6) is 0. The number of rotatable bonds is 3. The van der Waals surface area contributed by atoms with Gasteiger partial charge in [-0.1, -0.05) is 12.8 Å². The predicted octanol–water partition coefficient (Wildman–Crippen LogP) is 3.33. The second-order valence-corrected chi connectivity index (χ2v) is 5.46. The van der Waals surface area contributed by atoms with Crippen LogP contribution in [0.4, 0.5) is 0 Å². The van der Waals surface area contributed by atoms with E-state index in [2.05, 4.69) is 27.8 Å². The third-order valence-corrected chi connectivity index (χ3v) is 4.16. The van der Waals surface area contributed by atoms with Gasteiger partial charge in [-0.2, -0.15) is 0 Å². The summed E-state index contributed by atoms with van der Waals surface area (Å²) in [7, 11) is 0. The number of nitrogens with zero attached hydrogens (tertiary/aromatic N) is 1. The summed E-state index contributed by atoms with van der Waals surface area (Å²) in [6.07, 6.45) is 7.46. The number of pyridine rings is 1. The quantitative estimate of drug-likeness (QED) is 0.878. The molecule has 0 bridgehead atoms. The van der Waals surface area contributed by atoms with Gasteiger partial charge in [0.15, 0.2) is 0 Å². The highest BCUT2D eigenvalue weighted by atomic mass is 32.1. The van der Waals surface area contributed by atoms with Gasteiger partial charge in [0.2, 0.25) is 0 Å². The van der Waals surface area contributed by atoms with E-state index in [1.54, 1.807) is 11.3 Å². The van der Waals surface area contributed by atoms with E-state index >= 15 is 0 Å². The van der Waals surface area contributed by atoms with Crippen LogP contribution in [0.3, 0.4) is 0 Å². The topological polar surface area (TPSA) is 24.9 Å². The maximum atomic E-state index is 4.46. The van der Waals surface area contributed by atoms with Crippen molar-refractivity contribution < 1.29 is 0 Å². The molecule has 2 nitrogen and oxygen atoms in total. The van der Waals surface area contributed by atoms with Crippen LogP contribution in [0.1, 0.15) is 31.2 Å². The molecule has 0 atom stereocenters. The van der Waals surface area contributed by atoms with Gasteiger partial charge in [-0.3, -0.25) is 4.98 Å². The van der Waals surface area contributed by atoms with Crippen LogP contribution in [0, 0.1) is 0 Å². The molecule has 2 heterocycles. The minimum atomic E-state index is 0.735. The fourth-order valence-electron chi connectivity index (χ4n) is 2.38. The van der Waals surface area contributed by atoms with Gasteiger partial charge in [-0.25, -0.2) is 0 Å². The number of fused-ring (bicyclic) bond motifs is 1. The SMILES string of the molecule is c1cc2ncc(CNC3CCCC3)cc2s1. The molecule has 2 aromatic rings. The molecule has 0 aliphatic heterocycles. The van der Waals surface area contributed by atoms with Crippen molar-refractivity contribution in [1.29, 1.82) is 0 Å². The Balaban J connectivity index is 1.68. The Morgan fingerprint density at radius 3 is 3.12 bits per heavy atom. The Kier molecular flexibility index (Phi) is 2.89. The minimum absolute atomic E-state index is 0.735. The summed E-state index contributed by atoms with van der Waals surface area (Å²) in [4.78, 5) is 4.46. The number of aromatic nitrogens is 1. The zero-order chi connectivity index (χ0) is 10.8. The van der Waals surface area contributed by atoms with E-state index in [0.29, 0.717) is 0 Å². The Hall–Kier alpha value is -0.930. The molecule has 16 heavy (non-hydrogen) atoms. The van der Waals surface area contributed by atoms with E-state index in [4.69, 9.17) is 0 Å². The maximum Gasteiger partial charge on any atom is 0.0809 e. The molecular weight excluding hydrogens is 216 g/mol. The molecule has 1 saturated carbocycles. The first-order valence-electron chi connectivity index (χ1n) is 5.97. The summed E-state index contributed by atoms with van der Waals surface area (Å²) in [6, 6.07) is 5.07. The van der Waals surface area contributed by atoms with Crippen LogP contribution in [-0.2, 0) is 6.54 Å². The lowest BCUT2D eigenvalue weighted by Crippen LogP contribution is -2.25. The van der Waals surface area contributed by atoms with Crippen molar-refractivity contribution >= 4 is 21.6 Å². The van der Waals surface area contributed by atoms with Crippen LogP contribution < -0.4 is 5.32 Å². The molecule has 1 N–H and O–H groups in total. The molecule has 1 aliphatic carbocycles. The number of hydrogen-bond donors (Lipinski definition) is 1. The van der Waals surface area contributed by atoms with Crippen molar-refractivity contribution in [3.8, 4) is 0 Å². The van der Waals surface area contributed by atoms with Gasteiger partial charge in [0.05, 0.1) is 10.2 Å². The fourth-order valence-corrected chi connectivity index (χ4v) is 3.18. The molecule has 0 saturated heterocycles. The highest BCUT2D eigenvalue weighted by molar-refractivity contribution is 7.17. The van der Waals surface area contributed by atoms with Gasteiger partial charge in [-0.15, -0.1) is 11.3 Å². The molecule has 0 radical (unpaired) electrons. The summed E-state index contributed by atoms with van der Waals surface area (Å²) in [5.41, 5.74) is 2.43. The van der Waals surface area contributed by atoms with Crippen LogP contribution in [0.15, 0.2) is 23.7 Å². The maximum absolute atomic E-state index is 4.46. The van der Waals surface area contributed by atoms with Gasteiger partial charge in [0.1, 0.15) is 0 Å². The third-order valence-electron chi connectivity index (χ3n) is 3.31. The highest BCUT2D eigenvalue weighted by Gasteiger charge is 2.13. The lowest BCUT2D eigenvalue weighted by molar-refractivity contribution is 0.524. The van der Waals surface area contributed by atoms with E-state index in [0.717, 1.165) is 18.1 Å². The molecule has 0 spiro atoms. The van der Waals surface area contributed by atoms with E-state index in [-0.39, 0.29) is 0 Å². The Morgan fingerprint density at radius 2 is 2.25 bits per heavy atom. The molecule has 3 rings (SSSR count). The molecule has 0 unspecified atom stereocenters. The normalized spacial score (nSPS) is 17.2. The van der Waals surface area contributed by atoms with Gasteiger partial charge in [0, 0.05) is 18.8 Å². The summed E-state index contributed by atoms with van der Waals surface area (Å²) in [6.45, 7) is 0.964. The van der Waals surface area contributed by atoms with Crippen molar-refractivity contribution in [3.05, 3.63) is 29.3 Å². The molecule has 0 aromatic carbocycles. The van der Waals surface area contributed by atoms with E-state index < -0.39 is 0 Å². The molecule has 0 amide bonds. The van der Waals surface area contributed by atoms with Crippen LogP contribution in [-0.4, -0.2) is 11.0 Å². The first-order chi connectivity index (χ1) is 7.92. The fraction of sp³-hybridized carbons (Fsp3) is 0.462. The Morgan fingerprint density at radius 1 is 1.38 bits per heavy atom. The molecule has 2 aromatic heterocycles. The largest absolute Gasteiger partial charge is 0.310 e. The Bertz CT molecular complexity index is 471. The lowest BCUT2D eigenvalue weighted by Gasteiger charge is -2.11. The average Bonchev–Trinajstić information content (AvgIpc) is 2.97. The van der Waals surface area contributed by atoms with Crippen molar-refractivity contribution in [1.82, 2.24) is 10.3 Å². The molecular formula is C13H16N2S. The van der Waals surface area contributed by atoms with Crippen LogP contribution in [0.2, 0.25) is 0 Å². The van der Waals surface area contributed by atoms with E-state index in [1.807, 2.05) is 6.20 Å². The van der Waals surface area contributed by atoms with Crippen molar-refractivity contribution in [2.24, 2.45) is 0 Å². The number of hydrogen-bond acceptors (Lipinski definition) is 3. The van der Waals surface area contributed by atoms with Crippen LogP contribution in [0.25, 0.3) is 10.2 Å². The smallest absolute Gasteiger partial charge is 0.0809 e. The standard InChI is InChI=1S/C13H16N2S/c1-2-4-11(3-1)14-8-10-7-13-12(15-9-10)5-6-16-13/h5-7,9,11,14H,1-4,8H2. The second-order valence-electron chi connectivity index (χ2n) is 4.51. The first-order valence-corrected chi connectivity index (χ1v) is 6.85. The predicted molar refractivity (Wildman–Crippen MR) is 68.7 cm³/mol. The van der Waals surface area contributed by atoms with Crippen molar-refractivity contribution in [2.45, 2.75) is 38.3 Å². The summed E-state index contributed by atoms with van der Waals surface area (Å²) >= 11 is 1.77. The van der Waals surface area contributed by atoms with Crippen LogP contribution >= 0.6 is 11.3 Å². The first kappa shape index (κ1) is 10.2. The summed E-state index contributed by atoms with van der Waals surface area (Å²) < 4.78 is 1.30. The molecule has 1 fully saturated rings. The molecule has 3 heteroatoms. The van der Waals surface area contributed by atoms with E-state index in [1.165, 1.54) is 35.9 Å². The third kappa shape index (κ3) is 2.11. The summed E-state index contributed by atoms with van der Waals surface area (Å²) in [5, 5.41) is 5.72. The Labute approximate surface area is 99.7 Å². The second kappa shape index (κ2) is 4.52. The molecule has 1 aliphatic rings. The van der Waals surface area contributed by atoms with Crippen molar-refractivity contribution in [2.75, 3.05) is 0 Å². The average molecular weight is 232 g/mol. The van der Waals surface area contributed by atoms with Gasteiger partial charge < -0.3 is 5.32 Å². The van der Waals surface area contributed by atoms with Gasteiger partial charge in [0.25, 0.3) is 0 Å². The van der Waals surface area contributed by atoms with Crippen LogP contribution in [0.5, 0.6) is 0 Å². The monoisotopic (exact) mass is 232 g/mol. The van der Waals surface area contributed by atoms with Gasteiger partial charge >= 0.3 is 0 Å². The number of thiophene rings is 1. The lowest BCUT2D eigenvalue weighted by atomic mass is 10.2. The zero-order valence-electron chi connectivity index (χ0n) is 9.28. The van der Waals surface area contributed by atoms with E-state index in [9.17, 15) is 0 Å². The zero-order valence-corrected chi connectivity index (χ0v) is 10.1. The minimum Gasteiger partial charge on any atom is -0.310 e. The number of nitrogens with one attached hydrogen (secondary N) is 1.